The fourth-order valence-electron chi connectivity index (χ4n) is 2.61. The van der Waals surface area contributed by atoms with Gasteiger partial charge in [-0.2, -0.15) is 0 Å². The Morgan fingerprint density at radius 1 is 1.29 bits per heavy atom. The second-order valence-electron chi connectivity index (χ2n) is 5.39. The minimum atomic E-state index is 0.0539. The van der Waals surface area contributed by atoms with Crippen molar-refractivity contribution in [3.05, 3.63) is 41.2 Å². The summed E-state index contributed by atoms with van der Waals surface area (Å²) in [5.41, 5.74) is 1.61. The number of aryl methyl sites for hydroxylation is 2. The number of nitrogens with zero attached hydrogens (tertiary/aromatic N) is 3. The van der Waals surface area contributed by atoms with E-state index in [4.69, 9.17) is 8.94 Å². The van der Waals surface area contributed by atoms with Gasteiger partial charge in [0.1, 0.15) is 11.5 Å². The number of carbonyl (C=O) groups is 1. The van der Waals surface area contributed by atoms with Gasteiger partial charge in [0.05, 0.1) is 17.5 Å². The average molecular weight is 289 g/mol. The van der Waals surface area contributed by atoms with Crippen molar-refractivity contribution in [2.75, 3.05) is 26.2 Å². The van der Waals surface area contributed by atoms with Crippen LogP contribution >= 0.6 is 0 Å². The van der Waals surface area contributed by atoms with Crippen molar-refractivity contribution in [2.45, 2.75) is 20.4 Å². The van der Waals surface area contributed by atoms with Gasteiger partial charge in [-0.15, -0.1) is 0 Å². The molecule has 0 aromatic carbocycles. The molecule has 1 fully saturated rings. The van der Waals surface area contributed by atoms with E-state index < -0.39 is 0 Å². The molecule has 3 rings (SSSR count). The first-order valence-corrected chi connectivity index (χ1v) is 7.11. The second-order valence-corrected chi connectivity index (χ2v) is 5.39. The van der Waals surface area contributed by atoms with Crippen LogP contribution in [0.1, 0.15) is 27.6 Å². The van der Waals surface area contributed by atoms with E-state index in [1.807, 2.05) is 24.8 Å². The number of carbonyl (C=O) groups excluding carboxylic acids is 1. The third-order valence-electron chi connectivity index (χ3n) is 3.81. The number of hydrogen-bond acceptors (Lipinski definition) is 5. The van der Waals surface area contributed by atoms with Gasteiger partial charge in [-0.1, -0.05) is 5.16 Å². The highest BCUT2D eigenvalue weighted by Gasteiger charge is 2.24. The van der Waals surface area contributed by atoms with Crippen LogP contribution in [0.25, 0.3) is 0 Å². The summed E-state index contributed by atoms with van der Waals surface area (Å²) in [7, 11) is 0. The predicted octanol–water partition coefficient (Wildman–Crippen LogP) is 1.84. The molecule has 1 amide bonds. The summed E-state index contributed by atoms with van der Waals surface area (Å²) in [6.45, 7) is 7.60. The van der Waals surface area contributed by atoms with E-state index in [0.717, 1.165) is 44.2 Å². The summed E-state index contributed by atoms with van der Waals surface area (Å²) in [5, 5.41) is 4.01. The maximum Gasteiger partial charge on any atom is 0.257 e. The Hall–Kier alpha value is -2.08. The van der Waals surface area contributed by atoms with Gasteiger partial charge in [-0.05, 0) is 19.9 Å². The van der Waals surface area contributed by atoms with Crippen LogP contribution in [0.5, 0.6) is 0 Å². The van der Waals surface area contributed by atoms with Crippen LogP contribution in [0.15, 0.2) is 27.3 Å². The molecule has 1 saturated heterocycles. The van der Waals surface area contributed by atoms with Gasteiger partial charge in [0.2, 0.25) is 0 Å². The molecule has 0 spiro atoms. The Labute approximate surface area is 123 Å². The van der Waals surface area contributed by atoms with Gasteiger partial charge >= 0.3 is 0 Å². The zero-order valence-corrected chi connectivity index (χ0v) is 12.3. The number of amides is 1. The van der Waals surface area contributed by atoms with Crippen LogP contribution in [0, 0.1) is 13.8 Å². The standard InChI is InChI=1S/C15H19N3O3/c1-11-9-13(16-21-11)10-17-4-6-18(7-5-17)15(19)14-3-8-20-12(14)2/h3,8-9H,4-7,10H2,1-2H3. The molecule has 6 nitrogen and oxygen atoms in total. The first-order valence-electron chi connectivity index (χ1n) is 7.11. The van der Waals surface area contributed by atoms with Crippen LogP contribution in [0.4, 0.5) is 0 Å². The first-order chi connectivity index (χ1) is 10.1. The van der Waals surface area contributed by atoms with Gasteiger partial charge in [-0.3, -0.25) is 9.69 Å². The molecule has 0 atom stereocenters. The van der Waals surface area contributed by atoms with E-state index in [9.17, 15) is 4.79 Å². The summed E-state index contributed by atoms with van der Waals surface area (Å²) < 4.78 is 10.3. The lowest BCUT2D eigenvalue weighted by atomic mass is 10.2. The fraction of sp³-hybridized carbons (Fsp3) is 0.467. The third kappa shape index (κ3) is 3.00. The summed E-state index contributed by atoms with van der Waals surface area (Å²) in [6, 6.07) is 3.69. The molecule has 0 radical (unpaired) electrons. The minimum absolute atomic E-state index is 0.0539. The van der Waals surface area contributed by atoms with Crippen molar-refractivity contribution in [3.8, 4) is 0 Å². The molecular formula is C15H19N3O3. The SMILES string of the molecule is Cc1cc(CN2CCN(C(=O)c3ccoc3C)CC2)no1. The Morgan fingerprint density at radius 2 is 2.05 bits per heavy atom. The smallest absolute Gasteiger partial charge is 0.257 e. The van der Waals surface area contributed by atoms with Gasteiger partial charge in [0, 0.05) is 38.8 Å². The van der Waals surface area contributed by atoms with E-state index in [1.54, 1.807) is 12.3 Å². The summed E-state index contributed by atoms with van der Waals surface area (Å²) in [4.78, 5) is 16.5. The predicted molar refractivity (Wildman–Crippen MR) is 75.9 cm³/mol. The Bertz CT molecular complexity index is 624. The molecule has 3 heterocycles. The van der Waals surface area contributed by atoms with E-state index in [-0.39, 0.29) is 5.91 Å². The highest BCUT2D eigenvalue weighted by Crippen LogP contribution is 2.15. The minimum Gasteiger partial charge on any atom is -0.469 e. The van der Waals surface area contributed by atoms with Gasteiger partial charge in [0.25, 0.3) is 5.91 Å². The lowest BCUT2D eigenvalue weighted by Crippen LogP contribution is -2.48. The molecule has 112 valence electrons. The maximum atomic E-state index is 12.4. The zero-order chi connectivity index (χ0) is 14.8. The first kappa shape index (κ1) is 13.9. The summed E-state index contributed by atoms with van der Waals surface area (Å²) >= 11 is 0. The van der Waals surface area contributed by atoms with Crippen molar-refractivity contribution in [2.24, 2.45) is 0 Å². The number of aromatic nitrogens is 1. The molecule has 0 aliphatic carbocycles. The highest BCUT2D eigenvalue weighted by atomic mass is 16.5. The number of piperazine rings is 1. The van der Waals surface area contributed by atoms with Crippen LogP contribution < -0.4 is 0 Å². The second kappa shape index (κ2) is 5.73. The van der Waals surface area contributed by atoms with E-state index in [1.165, 1.54) is 0 Å². The molecule has 6 heteroatoms. The van der Waals surface area contributed by atoms with Crippen LogP contribution in [0.3, 0.4) is 0 Å². The Balaban J connectivity index is 1.55. The van der Waals surface area contributed by atoms with Crippen LogP contribution in [-0.4, -0.2) is 47.0 Å². The normalized spacial score (nSPS) is 16.4. The van der Waals surface area contributed by atoms with E-state index in [0.29, 0.717) is 11.3 Å². The topological polar surface area (TPSA) is 62.7 Å². The fourth-order valence-corrected chi connectivity index (χ4v) is 2.61. The molecule has 2 aromatic heterocycles. The highest BCUT2D eigenvalue weighted by molar-refractivity contribution is 5.95. The van der Waals surface area contributed by atoms with Crippen LogP contribution in [-0.2, 0) is 6.54 Å². The Kier molecular flexibility index (Phi) is 3.79. The van der Waals surface area contributed by atoms with Crippen molar-refractivity contribution < 1.29 is 13.7 Å². The van der Waals surface area contributed by atoms with Gasteiger partial charge in [-0.25, -0.2) is 0 Å². The van der Waals surface area contributed by atoms with Crippen molar-refractivity contribution in [3.63, 3.8) is 0 Å². The molecule has 0 unspecified atom stereocenters. The molecule has 1 aliphatic heterocycles. The largest absolute Gasteiger partial charge is 0.469 e. The molecule has 0 N–H and O–H groups in total. The summed E-state index contributed by atoms with van der Waals surface area (Å²) in [6.07, 6.45) is 1.56. The van der Waals surface area contributed by atoms with Crippen molar-refractivity contribution in [1.29, 1.82) is 0 Å². The number of rotatable bonds is 3. The van der Waals surface area contributed by atoms with Gasteiger partial charge < -0.3 is 13.8 Å². The molecule has 0 bridgehead atoms. The van der Waals surface area contributed by atoms with E-state index in [2.05, 4.69) is 10.1 Å². The maximum absolute atomic E-state index is 12.4. The average Bonchev–Trinajstić information content (AvgIpc) is 3.08. The molecule has 21 heavy (non-hydrogen) atoms. The lowest BCUT2D eigenvalue weighted by molar-refractivity contribution is 0.0624. The van der Waals surface area contributed by atoms with Crippen molar-refractivity contribution >= 4 is 5.91 Å². The summed E-state index contributed by atoms with van der Waals surface area (Å²) in [5.74, 6) is 1.56. The molecule has 2 aromatic rings. The monoisotopic (exact) mass is 289 g/mol. The zero-order valence-electron chi connectivity index (χ0n) is 12.3. The number of hydrogen-bond donors (Lipinski definition) is 0. The van der Waals surface area contributed by atoms with Gasteiger partial charge in [0.15, 0.2) is 0 Å². The number of furan rings is 1. The van der Waals surface area contributed by atoms with Crippen molar-refractivity contribution in [1.82, 2.24) is 15.0 Å². The lowest BCUT2D eigenvalue weighted by Gasteiger charge is -2.34. The molecule has 0 saturated carbocycles. The Morgan fingerprint density at radius 3 is 2.62 bits per heavy atom. The third-order valence-corrected chi connectivity index (χ3v) is 3.81. The van der Waals surface area contributed by atoms with Crippen LogP contribution in [0.2, 0.25) is 0 Å². The molecule has 1 aliphatic rings. The van der Waals surface area contributed by atoms with E-state index >= 15 is 0 Å². The quantitative estimate of drug-likeness (QED) is 0.862. The molecular weight excluding hydrogens is 270 g/mol.